The second kappa shape index (κ2) is 15.0. The normalized spacial score (nSPS) is 13.8. The van der Waals surface area contributed by atoms with Gasteiger partial charge in [0.2, 0.25) is 5.91 Å². The summed E-state index contributed by atoms with van der Waals surface area (Å²) in [5.74, 6) is -0.794. The average molecular weight is 645 g/mol. The summed E-state index contributed by atoms with van der Waals surface area (Å²) >= 11 is 0. The fraction of sp³-hybridized carbons (Fsp3) is 0.389. The van der Waals surface area contributed by atoms with Gasteiger partial charge in [-0.2, -0.15) is 0 Å². The molecule has 3 aromatic rings. The van der Waals surface area contributed by atoms with Gasteiger partial charge >= 0.3 is 5.97 Å². The zero-order chi connectivity index (χ0) is 34.3. The number of anilines is 2. The van der Waals surface area contributed by atoms with Crippen molar-refractivity contribution < 1.29 is 33.8 Å². The summed E-state index contributed by atoms with van der Waals surface area (Å²) in [6.45, 7) is 9.73. The van der Waals surface area contributed by atoms with Crippen molar-refractivity contribution >= 4 is 35.1 Å². The van der Waals surface area contributed by atoms with Crippen LogP contribution in [0.1, 0.15) is 71.5 Å². The van der Waals surface area contributed by atoms with E-state index in [4.69, 9.17) is 9.47 Å². The fourth-order valence-electron chi connectivity index (χ4n) is 5.50. The fourth-order valence-corrected chi connectivity index (χ4v) is 5.50. The highest BCUT2D eigenvalue weighted by Gasteiger charge is 2.27. The molecule has 3 N–H and O–H groups in total. The lowest BCUT2D eigenvalue weighted by Crippen LogP contribution is -2.49. The van der Waals surface area contributed by atoms with Gasteiger partial charge in [-0.05, 0) is 54.3 Å². The zero-order valence-electron chi connectivity index (χ0n) is 27.9. The van der Waals surface area contributed by atoms with Crippen LogP contribution in [0.15, 0.2) is 60.7 Å². The Bertz CT molecular complexity index is 1610. The van der Waals surface area contributed by atoms with E-state index in [1.807, 2.05) is 39.8 Å². The van der Waals surface area contributed by atoms with Crippen molar-refractivity contribution in [3.8, 4) is 11.5 Å². The summed E-state index contributed by atoms with van der Waals surface area (Å²) in [6.07, 6.45) is -0.0149. The first-order chi connectivity index (χ1) is 22.3. The molecule has 11 nitrogen and oxygen atoms in total. The molecule has 0 spiro atoms. The summed E-state index contributed by atoms with van der Waals surface area (Å²) in [4.78, 5) is 55.4. The summed E-state index contributed by atoms with van der Waals surface area (Å²) in [5.41, 5.74) is 3.42. The first kappa shape index (κ1) is 34.8. The molecule has 1 fully saturated rings. The third-order valence-electron chi connectivity index (χ3n) is 7.93. The van der Waals surface area contributed by atoms with Gasteiger partial charge in [0.05, 0.1) is 38.1 Å². The van der Waals surface area contributed by atoms with E-state index < -0.39 is 17.9 Å². The van der Waals surface area contributed by atoms with Gasteiger partial charge < -0.3 is 35.0 Å². The minimum atomic E-state index is -1.04. The second-order valence-corrected chi connectivity index (χ2v) is 12.9. The molecule has 3 amide bonds. The number of piperazine rings is 1. The van der Waals surface area contributed by atoms with Crippen LogP contribution in [0.3, 0.4) is 0 Å². The molecule has 0 aromatic heterocycles. The molecule has 0 bridgehead atoms. The number of aliphatic carboxylic acids is 1. The minimum absolute atomic E-state index is 0.124. The molecule has 1 heterocycles. The smallest absolute Gasteiger partial charge is 0.305 e. The molecule has 250 valence electrons. The average Bonchev–Trinajstić information content (AvgIpc) is 3.03. The third kappa shape index (κ3) is 9.25. The molecule has 4 rings (SSSR count). The van der Waals surface area contributed by atoms with Crippen molar-refractivity contribution in [2.45, 2.75) is 46.6 Å². The molecule has 1 aliphatic heterocycles. The highest BCUT2D eigenvalue weighted by Crippen LogP contribution is 2.32. The quantitative estimate of drug-likeness (QED) is 0.256. The number of ether oxygens (including phenoxy) is 2. The standard InChI is InChI=1S/C36H44N4O7/c1-23-7-9-24(10-8-23)27(21-33(42)43)38-34(44)25-11-13-29(28(19-25)37-32(41)22-36(2,3)4)39-15-17-40(18-16-39)35(45)26-12-14-30(46-5)31(20-26)47-6/h7-14,19-20,27H,15-18,21-22H2,1-6H3,(H,37,41)(H,38,44)(H,42,43). The molecule has 1 atom stereocenters. The number of rotatable bonds is 11. The Kier molecular flexibility index (Phi) is 11.1. The molecule has 11 heteroatoms. The van der Waals surface area contributed by atoms with E-state index in [2.05, 4.69) is 15.5 Å². The van der Waals surface area contributed by atoms with E-state index in [9.17, 15) is 24.3 Å². The van der Waals surface area contributed by atoms with E-state index in [1.54, 1.807) is 60.5 Å². The van der Waals surface area contributed by atoms with Crippen molar-refractivity contribution in [1.29, 1.82) is 0 Å². The summed E-state index contributed by atoms with van der Waals surface area (Å²) in [5, 5.41) is 15.4. The molecule has 1 saturated heterocycles. The second-order valence-electron chi connectivity index (χ2n) is 12.9. The van der Waals surface area contributed by atoms with Crippen molar-refractivity contribution in [2.75, 3.05) is 50.6 Å². The van der Waals surface area contributed by atoms with Gasteiger partial charge in [-0.15, -0.1) is 0 Å². The van der Waals surface area contributed by atoms with Gasteiger partial charge in [-0.3, -0.25) is 19.2 Å². The number of nitrogens with zero attached hydrogens (tertiary/aromatic N) is 2. The number of amides is 3. The lowest BCUT2D eigenvalue weighted by atomic mass is 9.92. The van der Waals surface area contributed by atoms with Crippen LogP contribution < -0.4 is 25.0 Å². The number of benzene rings is 3. The Morgan fingerprint density at radius 3 is 2.09 bits per heavy atom. The van der Waals surface area contributed by atoms with Gasteiger partial charge in [0.25, 0.3) is 11.8 Å². The van der Waals surface area contributed by atoms with Crippen molar-refractivity contribution in [2.24, 2.45) is 5.41 Å². The van der Waals surface area contributed by atoms with E-state index in [1.165, 1.54) is 7.11 Å². The van der Waals surface area contributed by atoms with E-state index >= 15 is 0 Å². The van der Waals surface area contributed by atoms with Crippen LogP contribution in [0.2, 0.25) is 0 Å². The van der Waals surface area contributed by atoms with E-state index in [0.717, 1.165) is 11.3 Å². The van der Waals surface area contributed by atoms with Crippen LogP contribution in [-0.4, -0.2) is 74.1 Å². The Balaban J connectivity index is 1.55. The molecular weight excluding hydrogens is 600 g/mol. The van der Waals surface area contributed by atoms with Crippen LogP contribution in [0.25, 0.3) is 0 Å². The lowest BCUT2D eigenvalue weighted by molar-refractivity contribution is -0.137. The van der Waals surface area contributed by atoms with Gasteiger partial charge in [0.1, 0.15) is 0 Å². The molecule has 0 radical (unpaired) electrons. The monoisotopic (exact) mass is 644 g/mol. The van der Waals surface area contributed by atoms with Crippen molar-refractivity contribution in [1.82, 2.24) is 10.2 Å². The maximum atomic E-state index is 13.5. The number of hydrogen-bond donors (Lipinski definition) is 3. The van der Waals surface area contributed by atoms with Gasteiger partial charge in [0.15, 0.2) is 11.5 Å². The first-order valence-electron chi connectivity index (χ1n) is 15.6. The Morgan fingerprint density at radius 1 is 0.851 bits per heavy atom. The molecule has 0 saturated carbocycles. The maximum absolute atomic E-state index is 13.5. The highest BCUT2D eigenvalue weighted by atomic mass is 16.5. The van der Waals surface area contributed by atoms with E-state index in [-0.39, 0.29) is 35.6 Å². The van der Waals surface area contributed by atoms with Crippen LogP contribution >= 0.6 is 0 Å². The largest absolute Gasteiger partial charge is 0.493 e. The summed E-state index contributed by atoms with van der Waals surface area (Å²) < 4.78 is 10.7. The third-order valence-corrected chi connectivity index (χ3v) is 7.93. The molecular formula is C36H44N4O7. The number of aryl methyl sites for hydroxylation is 1. The van der Waals surface area contributed by atoms with Crippen LogP contribution in [0.5, 0.6) is 11.5 Å². The number of hydrogen-bond acceptors (Lipinski definition) is 7. The lowest BCUT2D eigenvalue weighted by Gasteiger charge is -2.37. The number of methoxy groups -OCH3 is 2. The topological polar surface area (TPSA) is 138 Å². The van der Waals surface area contributed by atoms with Crippen LogP contribution in [0, 0.1) is 12.3 Å². The minimum Gasteiger partial charge on any atom is -0.493 e. The predicted molar refractivity (Wildman–Crippen MR) is 180 cm³/mol. The van der Waals surface area contributed by atoms with Crippen molar-refractivity contribution in [3.05, 3.63) is 82.9 Å². The molecule has 1 unspecified atom stereocenters. The van der Waals surface area contributed by atoms with Crippen molar-refractivity contribution in [3.63, 3.8) is 0 Å². The number of carboxylic acid groups (broad SMARTS) is 1. The van der Waals surface area contributed by atoms with Gasteiger partial charge in [-0.25, -0.2) is 0 Å². The Hall–Kier alpha value is -5.06. The Morgan fingerprint density at radius 2 is 1.49 bits per heavy atom. The molecule has 3 aromatic carbocycles. The van der Waals surface area contributed by atoms with Crippen LogP contribution in [0.4, 0.5) is 11.4 Å². The summed E-state index contributed by atoms with van der Waals surface area (Å²) in [6, 6.07) is 16.8. The molecule has 47 heavy (non-hydrogen) atoms. The first-order valence-corrected chi connectivity index (χ1v) is 15.6. The summed E-state index contributed by atoms with van der Waals surface area (Å²) in [7, 11) is 3.06. The zero-order valence-corrected chi connectivity index (χ0v) is 27.9. The van der Waals surface area contributed by atoms with Gasteiger partial charge in [0, 0.05) is 43.7 Å². The number of carboxylic acids is 1. The number of carbonyl (C=O) groups excluding carboxylic acids is 3. The SMILES string of the molecule is COc1ccc(C(=O)N2CCN(c3ccc(C(=O)NC(CC(=O)O)c4ccc(C)cc4)cc3NC(=O)CC(C)(C)C)CC2)cc1OC. The van der Waals surface area contributed by atoms with E-state index in [0.29, 0.717) is 54.5 Å². The van der Waals surface area contributed by atoms with Gasteiger partial charge in [-0.1, -0.05) is 50.6 Å². The molecule has 1 aliphatic rings. The van der Waals surface area contributed by atoms with Crippen LogP contribution in [-0.2, 0) is 9.59 Å². The number of carbonyl (C=O) groups is 4. The number of nitrogens with one attached hydrogen (secondary N) is 2. The Labute approximate surface area is 275 Å². The molecule has 0 aliphatic carbocycles. The maximum Gasteiger partial charge on any atom is 0.305 e. The highest BCUT2D eigenvalue weighted by molar-refractivity contribution is 6.00. The predicted octanol–water partition coefficient (Wildman–Crippen LogP) is 5.30.